The van der Waals surface area contributed by atoms with Gasteiger partial charge in [0, 0.05) is 13.0 Å². The summed E-state index contributed by atoms with van der Waals surface area (Å²) in [4.78, 5) is 37.1. The van der Waals surface area contributed by atoms with Gasteiger partial charge in [0.2, 0.25) is 11.8 Å². The summed E-state index contributed by atoms with van der Waals surface area (Å²) in [6.07, 6.45) is 1.53. The van der Waals surface area contributed by atoms with Gasteiger partial charge in [-0.3, -0.25) is 9.59 Å². The van der Waals surface area contributed by atoms with Crippen LogP contribution in [0.15, 0.2) is 0 Å². The molecular weight excluding hydrogens is 272 g/mol. The molecule has 1 fully saturated rings. The first-order valence-corrected chi connectivity index (χ1v) is 7.56. The second-order valence-electron chi connectivity index (χ2n) is 6.42. The van der Waals surface area contributed by atoms with E-state index in [-0.39, 0.29) is 23.7 Å². The molecule has 0 aromatic rings. The highest BCUT2D eigenvalue weighted by molar-refractivity contribution is 5.91. The molecule has 1 heterocycles. The van der Waals surface area contributed by atoms with Crippen molar-refractivity contribution in [2.75, 3.05) is 6.54 Å². The summed E-state index contributed by atoms with van der Waals surface area (Å²) in [6, 6.07) is -1.42. The lowest BCUT2D eigenvalue weighted by molar-refractivity contribution is -0.150. The van der Waals surface area contributed by atoms with E-state index in [1.807, 2.05) is 27.7 Å². The largest absolute Gasteiger partial charge is 0.480 e. The van der Waals surface area contributed by atoms with Crippen LogP contribution in [0.25, 0.3) is 0 Å². The van der Waals surface area contributed by atoms with Crippen LogP contribution in [0.5, 0.6) is 0 Å². The number of carbonyl (C=O) groups is 3. The summed E-state index contributed by atoms with van der Waals surface area (Å²) in [5.41, 5.74) is 0. The Kier molecular flexibility index (Phi) is 6.18. The first-order valence-electron chi connectivity index (χ1n) is 7.56. The van der Waals surface area contributed by atoms with Crippen LogP contribution in [-0.2, 0) is 14.4 Å². The van der Waals surface area contributed by atoms with Crippen molar-refractivity contribution in [2.24, 2.45) is 11.8 Å². The summed E-state index contributed by atoms with van der Waals surface area (Å²) < 4.78 is 0. The van der Waals surface area contributed by atoms with Crippen LogP contribution >= 0.6 is 0 Å². The van der Waals surface area contributed by atoms with E-state index in [9.17, 15) is 19.5 Å². The summed E-state index contributed by atoms with van der Waals surface area (Å²) in [5, 5.41) is 11.9. The molecule has 0 aliphatic carbocycles. The van der Waals surface area contributed by atoms with Crippen LogP contribution in [0.4, 0.5) is 0 Å². The van der Waals surface area contributed by atoms with Crippen molar-refractivity contribution in [2.45, 2.75) is 59.0 Å². The minimum absolute atomic E-state index is 0.0799. The second-order valence-corrected chi connectivity index (χ2v) is 6.42. The zero-order chi connectivity index (χ0) is 16.2. The normalized spacial score (nSPS) is 19.9. The smallest absolute Gasteiger partial charge is 0.326 e. The van der Waals surface area contributed by atoms with Gasteiger partial charge in [0.05, 0.1) is 0 Å². The molecule has 0 saturated carbocycles. The highest BCUT2D eigenvalue weighted by Crippen LogP contribution is 2.20. The molecule has 0 aromatic carbocycles. The molecule has 2 atom stereocenters. The average Bonchev–Trinajstić information content (AvgIpc) is 2.83. The Morgan fingerprint density at radius 3 is 2.33 bits per heavy atom. The molecule has 6 heteroatoms. The van der Waals surface area contributed by atoms with Crippen molar-refractivity contribution < 1.29 is 19.5 Å². The Bertz CT molecular complexity index is 406. The molecule has 0 spiro atoms. The van der Waals surface area contributed by atoms with Crippen molar-refractivity contribution in [3.63, 3.8) is 0 Å². The maximum Gasteiger partial charge on any atom is 0.326 e. The van der Waals surface area contributed by atoms with Gasteiger partial charge < -0.3 is 15.3 Å². The van der Waals surface area contributed by atoms with Gasteiger partial charge >= 0.3 is 5.97 Å². The summed E-state index contributed by atoms with van der Waals surface area (Å²) in [5.74, 6) is -1.29. The standard InChI is InChI=1S/C15H26N2O4/c1-9(2)8-12(18)16-13(10(3)4)14(19)17-7-5-6-11(17)15(20)21/h9-11,13H,5-8H2,1-4H3,(H,16,18)(H,20,21)/t11-,13-/m0/s1. The van der Waals surface area contributed by atoms with Crippen LogP contribution < -0.4 is 5.32 Å². The molecule has 1 aliphatic rings. The zero-order valence-corrected chi connectivity index (χ0v) is 13.3. The molecule has 2 amide bonds. The third-order valence-electron chi connectivity index (χ3n) is 3.66. The van der Waals surface area contributed by atoms with Crippen molar-refractivity contribution in [3.05, 3.63) is 0 Å². The van der Waals surface area contributed by atoms with Crippen LogP contribution in [0.1, 0.15) is 47.0 Å². The van der Waals surface area contributed by atoms with Gasteiger partial charge in [-0.15, -0.1) is 0 Å². The molecule has 2 N–H and O–H groups in total. The van der Waals surface area contributed by atoms with Crippen molar-refractivity contribution in [3.8, 4) is 0 Å². The molecule has 1 aliphatic heterocycles. The van der Waals surface area contributed by atoms with Gasteiger partial charge in [-0.05, 0) is 24.7 Å². The molecule has 21 heavy (non-hydrogen) atoms. The Morgan fingerprint density at radius 2 is 1.86 bits per heavy atom. The molecule has 6 nitrogen and oxygen atoms in total. The van der Waals surface area contributed by atoms with E-state index in [1.165, 1.54) is 4.90 Å². The van der Waals surface area contributed by atoms with Crippen LogP contribution in [0.3, 0.4) is 0 Å². The number of likely N-dealkylation sites (tertiary alicyclic amines) is 1. The fourth-order valence-corrected chi connectivity index (χ4v) is 2.58. The van der Waals surface area contributed by atoms with E-state index >= 15 is 0 Å². The Labute approximate surface area is 125 Å². The Balaban J connectivity index is 2.78. The summed E-state index contributed by atoms with van der Waals surface area (Å²) >= 11 is 0. The van der Waals surface area contributed by atoms with Crippen LogP contribution in [0, 0.1) is 11.8 Å². The maximum absolute atomic E-state index is 12.6. The fourth-order valence-electron chi connectivity index (χ4n) is 2.58. The highest BCUT2D eigenvalue weighted by Gasteiger charge is 2.38. The topological polar surface area (TPSA) is 86.7 Å². The van der Waals surface area contributed by atoms with Gasteiger partial charge in [-0.25, -0.2) is 4.79 Å². The number of aliphatic carboxylic acids is 1. The summed E-state index contributed by atoms with van der Waals surface area (Å²) in [6.45, 7) is 8.02. The lowest BCUT2D eigenvalue weighted by Crippen LogP contribution is -2.53. The van der Waals surface area contributed by atoms with E-state index in [2.05, 4.69) is 5.32 Å². The average molecular weight is 298 g/mol. The fraction of sp³-hybridized carbons (Fsp3) is 0.800. The van der Waals surface area contributed by atoms with Gasteiger partial charge in [0.25, 0.3) is 0 Å². The molecular formula is C15H26N2O4. The predicted octanol–water partition coefficient (Wildman–Crippen LogP) is 1.25. The zero-order valence-electron chi connectivity index (χ0n) is 13.3. The number of nitrogens with one attached hydrogen (secondary N) is 1. The molecule has 0 bridgehead atoms. The lowest BCUT2D eigenvalue weighted by Gasteiger charge is -2.29. The molecule has 1 rings (SSSR count). The van der Waals surface area contributed by atoms with E-state index in [1.54, 1.807) is 0 Å². The Hall–Kier alpha value is -1.59. The first-order chi connectivity index (χ1) is 9.73. The van der Waals surface area contributed by atoms with Crippen molar-refractivity contribution >= 4 is 17.8 Å². The number of rotatable bonds is 6. The van der Waals surface area contributed by atoms with Gasteiger partial charge in [0.1, 0.15) is 12.1 Å². The quantitative estimate of drug-likeness (QED) is 0.772. The van der Waals surface area contributed by atoms with Crippen molar-refractivity contribution in [1.29, 1.82) is 0 Å². The third-order valence-corrected chi connectivity index (χ3v) is 3.66. The maximum atomic E-state index is 12.6. The minimum Gasteiger partial charge on any atom is -0.480 e. The van der Waals surface area contributed by atoms with Gasteiger partial charge in [-0.1, -0.05) is 27.7 Å². The number of amides is 2. The second kappa shape index (κ2) is 7.43. The van der Waals surface area contributed by atoms with Crippen LogP contribution in [0.2, 0.25) is 0 Å². The SMILES string of the molecule is CC(C)CC(=O)N[C@H](C(=O)N1CCC[C@H]1C(=O)O)C(C)C. The monoisotopic (exact) mass is 298 g/mol. The first kappa shape index (κ1) is 17.5. The molecule has 120 valence electrons. The molecule has 1 saturated heterocycles. The van der Waals surface area contributed by atoms with Crippen LogP contribution in [-0.4, -0.2) is 46.4 Å². The lowest BCUT2D eigenvalue weighted by atomic mass is 10.0. The molecule has 0 unspecified atom stereocenters. The summed E-state index contributed by atoms with van der Waals surface area (Å²) in [7, 11) is 0. The van der Waals surface area contributed by atoms with Crippen molar-refractivity contribution in [1.82, 2.24) is 10.2 Å². The van der Waals surface area contributed by atoms with E-state index in [4.69, 9.17) is 0 Å². The third kappa shape index (κ3) is 4.72. The van der Waals surface area contributed by atoms with E-state index < -0.39 is 18.1 Å². The number of hydrogen-bond acceptors (Lipinski definition) is 3. The highest BCUT2D eigenvalue weighted by atomic mass is 16.4. The minimum atomic E-state index is -0.975. The number of carbonyl (C=O) groups excluding carboxylic acids is 2. The number of nitrogens with zero attached hydrogens (tertiary/aromatic N) is 1. The predicted molar refractivity (Wildman–Crippen MR) is 78.6 cm³/mol. The molecule has 0 radical (unpaired) electrons. The number of carboxylic acid groups (broad SMARTS) is 1. The van der Waals surface area contributed by atoms with Gasteiger partial charge in [-0.2, -0.15) is 0 Å². The number of carboxylic acids is 1. The van der Waals surface area contributed by atoms with Gasteiger partial charge in [0.15, 0.2) is 0 Å². The van der Waals surface area contributed by atoms with E-state index in [0.717, 1.165) is 0 Å². The van der Waals surface area contributed by atoms with E-state index in [0.29, 0.717) is 25.8 Å². The Morgan fingerprint density at radius 1 is 1.24 bits per heavy atom. The number of hydrogen-bond donors (Lipinski definition) is 2. The molecule has 0 aromatic heterocycles.